The van der Waals surface area contributed by atoms with Gasteiger partial charge in [-0.3, -0.25) is 0 Å². The standard InChI is InChI=1S/C16H21NO2S/c1-12(16(2,3)4)17-20(18,19)15-11-7-9-13-8-5-6-10-14(13)15/h5-12,17H,1-4H3/t12-/m0/s1. The molecule has 0 aliphatic rings. The Hall–Kier alpha value is -1.39. The van der Waals surface area contributed by atoms with Crippen LogP contribution in [0.4, 0.5) is 0 Å². The first kappa shape index (κ1) is 15.0. The Labute approximate surface area is 121 Å². The van der Waals surface area contributed by atoms with Gasteiger partial charge < -0.3 is 0 Å². The van der Waals surface area contributed by atoms with Crippen molar-refractivity contribution < 1.29 is 8.42 Å². The van der Waals surface area contributed by atoms with Crippen LogP contribution in [0.2, 0.25) is 0 Å². The first-order valence-electron chi connectivity index (χ1n) is 6.72. The topological polar surface area (TPSA) is 46.2 Å². The molecule has 3 nitrogen and oxygen atoms in total. The van der Waals surface area contributed by atoms with E-state index in [1.54, 1.807) is 12.1 Å². The maximum atomic E-state index is 12.6. The van der Waals surface area contributed by atoms with E-state index in [0.29, 0.717) is 4.90 Å². The Bertz CT molecular complexity index is 709. The second-order valence-corrected chi connectivity index (χ2v) is 7.87. The Kier molecular flexibility index (Phi) is 3.89. The molecule has 0 spiro atoms. The first-order valence-corrected chi connectivity index (χ1v) is 8.20. The van der Waals surface area contributed by atoms with E-state index in [1.165, 1.54) is 0 Å². The quantitative estimate of drug-likeness (QED) is 0.940. The summed E-state index contributed by atoms with van der Waals surface area (Å²) in [5.74, 6) is 0. The van der Waals surface area contributed by atoms with Crippen molar-refractivity contribution in [2.24, 2.45) is 5.41 Å². The molecule has 0 bridgehead atoms. The molecule has 0 amide bonds. The number of rotatable bonds is 3. The zero-order chi connectivity index (χ0) is 15.0. The number of benzene rings is 2. The van der Waals surface area contributed by atoms with Crippen molar-refractivity contribution in [2.75, 3.05) is 0 Å². The summed E-state index contributed by atoms with van der Waals surface area (Å²) in [4.78, 5) is 0.340. The largest absolute Gasteiger partial charge is 0.241 e. The molecule has 0 radical (unpaired) electrons. The van der Waals surface area contributed by atoms with Crippen LogP contribution in [0.15, 0.2) is 47.4 Å². The van der Waals surface area contributed by atoms with E-state index in [9.17, 15) is 8.42 Å². The van der Waals surface area contributed by atoms with Gasteiger partial charge in [-0.05, 0) is 23.8 Å². The van der Waals surface area contributed by atoms with Gasteiger partial charge in [0.05, 0.1) is 4.90 Å². The molecular weight excluding hydrogens is 270 g/mol. The molecule has 0 aromatic heterocycles. The van der Waals surface area contributed by atoms with Gasteiger partial charge in [-0.1, -0.05) is 57.2 Å². The summed E-state index contributed by atoms with van der Waals surface area (Å²) in [5, 5.41) is 1.68. The van der Waals surface area contributed by atoms with Crippen LogP contribution in [-0.2, 0) is 10.0 Å². The van der Waals surface area contributed by atoms with Gasteiger partial charge in [0.1, 0.15) is 0 Å². The van der Waals surface area contributed by atoms with Crippen LogP contribution in [0.3, 0.4) is 0 Å². The number of sulfonamides is 1. The number of fused-ring (bicyclic) bond motifs is 1. The lowest BCUT2D eigenvalue weighted by molar-refractivity contribution is 0.318. The lowest BCUT2D eigenvalue weighted by atomic mass is 9.89. The number of hydrogen-bond donors (Lipinski definition) is 1. The average molecular weight is 291 g/mol. The van der Waals surface area contributed by atoms with Crippen molar-refractivity contribution in [3.63, 3.8) is 0 Å². The molecule has 0 fully saturated rings. The fourth-order valence-corrected chi connectivity index (χ4v) is 3.58. The van der Waals surface area contributed by atoms with Crippen LogP contribution in [0, 0.1) is 5.41 Å². The summed E-state index contributed by atoms with van der Waals surface area (Å²) in [6.07, 6.45) is 0. The Morgan fingerprint density at radius 3 is 2.25 bits per heavy atom. The molecule has 2 aromatic rings. The van der Waals surface area contributed by atoms with Crippen LogP contribution >= 0.6 is 0 Å². The monoisotopic (exact) mass is 291 g/mol. The lowest BCUT2D eigenvalue weighted by Gasteiger charge is -2.28. The van der Waals surface area contributed by atoms with E-state index in [-0.39, 0.29) is 11.5 Å². The predicted octanol–water partition coefficient (Wildman–Crippen LogP) is 3.55. The first-order chi connectivity index (χ1) is 9.22. The number of hydrogen-bond acceptors (Lipinski definition) is 2. The Balaban J connectivity index is 2.48. The summed E-state index contributed by atoms with van der Waals surface area (Å²) >= 11 is 0. The molecular formula is C16H21NO2S. The third-order valence-corrected chi connectivity index (χ3v) is 5.27. The maximum absolute atomic E-state index is 12.6. The van der Waals surface area contributed by atoms with Crippen molar-refractivity contribution in [3.05, 3.63) is 42.5 Å². The van der Waals surface area contributed by atoms with Crippen molar-refractivity contribution in [2.45, 2.75) is 38.6 Å². The predicted molar refractivity (Wildman–Crippen MR) is 83.2 cm³/mol. The Morgan fingerprint density at radius 1 is 1.00 bits per heavy atom. The summed E-state index contributed by atoms with van der Waals surface area (Å²) in [6.45, 7) is 7.94. The van der Waals surface area contributed by atoms with Gasteiger partial charge in [-0.15, -0.1) is 0 Å². The normalized spacial score (nSPS) is 14.4. The van der Waals surface area contributed by atoms with E-state index in [1.807, 2.05) is 58.0 Å². The SMILES string of the molecule is C[C@H](NS(=O)(=O)c1cccc2ccccc12)C(C)(C)C. The van der Waals surface area contributed by atoms with E-state index < -0.39 is 10.0 Å². The van der Waals surface area contributed by atoms with Gasteiger partial charge >= 0.3 is 0 Å². The molecule has 1 N–H and O–H groups in total. The van der Waals surface area contributed by atoms with Crippen LogP contribution < -0.4 is 4.72 Å². The van der Waals surface area contributed by atoms with Gasteiger partial charge in [0, 0.05) is 11.4 Å². The highest BCUT2D eigenvalue weighted by Gasteiger charge is 2.26. The van der Waals surface area contributed by atoms with Crippen molar-refractivity contribution >= 4 is 20.8 Å². The second kappa shape index (κ2) is 5.19. The van der Waals surface area contributed by atoms with Gasteiger partial charge in [0.2, 0.25) is 10.0 Å². The van der Waals surface area contributed by atoms with Crippen LogP contribution in [-0.4, -0.2) is 14.5 Å². The van der Waals surface area contributed by atoms with Gasteiger partial charge in [-0.25, -0.2) is 13.1 Å². The molecule has 2 rings (SSSR count). The molecule has 20 heavy (non-hydrogen) atoms. The molecule has 0 heterocycles. The summed E-state index contributed by atoms with van der Waals surface area (Å²) in [6, 6.07) is 12.7. The molecule has 2 aromatic carbocycles. The number of nitrogens with one attached hydrogen (secondary N) is 1. The molecule has 108 valence electrons. The van der Waals surface area contributed by atoms with E-state index in [2.05, 4.69) is 4.72 Å². The molecule has 0 unspecified atom stereocenters. The van der Waals surface area contributed by atoms with Crippen LogP contribution in [0.5, 0.6) is 0 Å². The van der Waals surface area contributed by atoms with Crippen LogP contribution in [0.25, 0.3) is 10.8 Å². The van der Waals surface area contributed by atoms with Crippen molar-refractivity contribution in [3.8, 4) is 0 Å². The highest BCUT2D eigenvalue weighted by Crippen LogP contribution is 2.25. The zero-order valence-corrected chi connectivity index (χ0v) is 13.2. The second-order valence-electron chi connectivity index (χ2n) is 6.19. The maximum Gasteiger partial charge on any atom is 0.241 e. The van der Waals surface area contributed by atoms with Gasteiger partial charge in [0.25, 0.3) is 0 Å². The fourth-order valence-electron chi connectivity index (χ4n) is 1.90. The van der Waals surface area contributed by atoms with Crippen molar-refractivity contribution in [1.29, 1.82) is 0 Å². The summed E-state index contributed by atoms with van der Waals surface area (Å²) < 4.78 is 28.0. The zero-order valence-electron chi connectivity index (χ0n) is 12.3. The molecule has 0 saturated carbocycles. The minimum absolute atomic E-state index is 0.127. The van der Waals surface area contributed by atoms with Gasteiger partial charge in [0.15, 0.2) is 0 Å². The third kappa shape index (κ3) is 3.02. The molecule has 1 atom stereocenters. The third-order valence-electron chi connectivity index (χ3n) is 3.67. The summed E-state index contributed by atoms with van der Waals surface area (Å²) in [7, 11) is -3.52. The van der Waals surface area contributed by atoms with Crippen LogP contribution in [0.1, 0.15) is 27.7 Å². The smallest absolute Gasteiger partial charge is 0.208 e. The highest BCUT2D eigenvalue weighted by atomic mass is 32.2. The Morgan fingerprint density at radius 2 is 1.60 bits per heavy atom. The highest BCUT2D eigenvalue weighted by molar-refractivity contribution is 7.89. The molecule has 4 heteroatoms. The minimum atomic E-state index is -3.52. The molecule has 0 aliphatic heterocycles. The fraction of sp³-hybridized carbons (Fsp3) is 0.375. The van der Waals surface area contributed by atoms with Gasteiger partial charge in [-0.2, -0.15) is 0 Å². The van der Waals surface area contributed by atoms with Crippen molar-refractivity contribution in [1.82, 2.24) is 4.72 Å². The van der Waals surface area contributed by atoms with E-state index >= 15 is 0 Å². The summed E-state index contributed by atoms with van der Waals surface area (Å²) in [5.41, 5.74) is -0.127. The van der Waals surface area contributed by atoms with E-state index in [0.717, 1.165) is 10.8 Å². The average Bonchev–Trinajstić information content (AvgIpc) is 2.36. The minimum Gasteiger partial charge on any atom is -0.208 e. The lowest BCUT2D eigenvalue weighted by Crippen LogP contribution is -2.41. The molecule has 0 saturated heterocycles. The molecule has 0 aliphatic carbocycles. The van der Waals surface area contributed by atoms with E-state index in [4.69, 9.17) is 0 Å².